The van der Waals surface area contributed by atoms with Gasteiger partial charge in [-0.1, -0.05) is 26.7 Å². The van der Waals surface area contributed by atoms with Crippen LogP contribution in [0.25, 0.3) is 11.3 Å². The molecular formula is C28H39N5O4. The van der Waals surface area contributed by atoms with E-state index >= 15 is 0 Å². The average Bonchev–Trinajstić information content (AvgIpc) is 2.91. The van der Waals surface area contributed by atoms with Crippen molar-refractivity contribution < 1.29 is 19.1 Å². The van der Waals surface area contributed by atoms with Gasteiger partial charge in [0.05, 0.1) is 26.5 Å². The van der Waals surface area contributed by atoms with Crippen LogP contribution in [0.4, 0.5) is 5.82 Å². The second kappa shape index (κ2) is 12.3. The van der Waals surface area contributed by atoms with E-state index in [1.807, 2.05) is 40.1 Å². The summed E-state index contributed by atoms with van der Waals surface area (Å²) in [5.74, 6) is 2.84. The van der Waals surface area contributed by atoms with E-state index in [2.05, 4.69) is 28.9 Å². The van der Waals surface area contributed by atoms with Gasteiger partial charge in [0, 0.05) is 50.3 Å². The lowest BCUT2D eigenvalue weighted by atomic mass is 9.84. The second-order valence-corrected chi connectivity index (χ2v) is 10.1. The Morgan fingerprint density at radius 3 is 2.38 bits per heavy atom. The highest BCUT2D eigenvalue weighted by molar-refractivity contribution is 5.86. The van der Waals surface area contributed by atoms with Crippen molar-refractivity contribution in [2.45, 2.75) is 39.5 Å². The van der Waals surface area contributed by atoms with Crippen molar-refractivity contribution in [2.24, 2.45) is 11.8 Å². The maximum absolute atomic E-state index is 13.1. The molecule has 200 valence electrons. The Balaban J connectivity index is 1.34. The number of ether oxygens (including phenoxy) is 2. The van der Waals surface area contributed by atoms with Crippen LogP contribution in [0.15, 0.2) is 30.3 Å². The minimum absolute atomic E-state index is 0.0312. The normalized spacial score (nSPS) is 16.6. The molecule has 9 nitrogen and oxygen atoms in total. The van der Waals surface area contributed by atoms with Crippen molar-refractivity contribution in [1.29, 1.82) is 0 Å². The first-order valence-corrected chi connectivity index (χ1v) is 13.3. The van der Waals surface area contributed by atoms with E-state index in [-0.39, 0.29) is 24.3 Å². The van der Waals surface area contributed by atoms with Crippen LogP contribution in [0.3, 0.4) is 0 Å². The fourth-order valence-corrected chi connectivity index (χ4v) is 4.75. The van der Waals surface area contributed by atoms with Crippen molar-refractivity contribution in [3.05, 3.63) is 30.3 Å². The highest BCUT2D eigenvalue weighted by atomic mass is 16.5. The molecule has 4 rings (SSSR count). The molecule has 2 fully saturated rings. The molecule has 1 aliphatic heterocycles. The summed E-state index contributed by atoms with van der Waals surface area (Å²) in [5.41, 5.74) is 1.56. The van der Waals surface area contributed by atoms with Crippen LogP contribution < -0.4 is 14.4 Å². The van der Waals surface area contributed by atoms with Gasteiger partial charge < -0.3 is 24.2 Å². The third-order valence-electron chi connectivity index (χ3n) is 7.61. The van der Waals surface area contributed by atoms with Gasteiger partial charge in [-0.15, -0.1) is 10.2 Å². The first-order chi connectivity index (χ1) is 17.9. The Bertz CT molecular complexity index is 1060. The van der Waals surface area contributed by atoms with Crippen LogP contribution >= 0.6 is 0 Å². The summed E-state index contributed by atoms with van der Waals surface area (Å²) >= 11 is 0. The molecule has 1 aliphatic carbocycles. The van der Waals surface area contributed by atoms with E-state index in [9.17, 15) is 9.59 Å². The van der Waals surface area contributed by atoms with Crippen molar-refractivity contribution >= 4 is 17.6 Å². The smallest absolute Gasteiger partial charge is 0.242 e. The molecule has 2 aromatic rings. The predicted molar refractivity (Wildman–Crippen MR) is 143 cm³/mol. The molecule has 0 spiro atoms. The fourth-order valence-electron chi connectivity index (χ4n) is 4.75. The Hall–Kier alpha value is -3.36. The zero-order valence-electron chi connectivity index (χ0n) is 22.5. The Labute approximate surface area is 219 Å². The molecule has 9 heteroatoms. The van der Waals surface area contributed by atoms with E-state index in [0.717, 1.165) is 42.8 Å². The van der Waals surface area contributed by atoms with E-state index in [4.69, 9.17) is 9.47 Å². The number of carbonyl (C=O) groups excluding carboxylic acids is 2. The number of carbonyl (C=O) groups is 2. The predicted octanol–water partition coefficient (Wildman–Crippen LogP) is 3.48. The average molecular weight is 510 g/mol. The Morgan fingerprint density at radius 1 is 1.05 bits per heavy atom. The maximum atomic E-state index is 13.1. The lowest BCUT2D eigenvalue weighted by Crippen LogP contribution is -2.53. The second-order valence-electron chi connectivity index (χ2n) is 10.1. The standard InChI is InChI=1S/C28H39N5O4/c1-5-20(2)18-33(28(35)21-7-6-8-21)19-27(34)32-15-13-31(14-16-32)26-12-11-24(29-30-26)23-10-9-22(36-3)17-25(23)37-4/h9-12,17,20-21H,5-8,13-16,18-19H2,1-4H3/t20-/m1/s1. The number of rotatable bonds is 10. The quantitative estimate of drug-likeness (QED) is 0.485. The van der Waals surface area contributed by atoms with Gasteiger partial charge in [-0.3, -0.25) is 9.59 Å². The Kier molecular flexibility index (Phi) is 8.84. The number of anilines is 1. The molecule has 1 saturated heterocycles. The number of nitrogens with zero attached hydrogens (tertiary/aromatic N) is 5. The third kappa shape index (κ3) is 6.32. The first kappa shape index (κ1) is 26.7. The lowest BCUT2D eigenvalue weighted by Gasteiger charge is -2.37. The van der Waals surface area contributed by atoms with E-state index in [1.165, 1.54) is 0 Å². The van der Waals surface area contributed by atoms with Crippen LogP contribution in [0.5, 0.6) is 11.5 Å². The molecule has 0 bridgehead atoms. The van der Waals surface area contributed by atoms with E-state index < -0.39 is 0 Å². The number of amides is 2. The summed E-state index contributed by atoms with van der Waals surface area (Å²) < 4.78 is 10.8. The van der Waals surface area contributed by atoms with Crippen LogP contribution in [-0.4, -0.2) is 85.3 Å². The molecule has 1 aromatic heterocycles. The molecule has 2 aliphatic rings. The molecule has 0 radical (unpaired) electrons. The molecule has 1 saturated carbocycles. The van der Waals surface area contributed by atoms with Gasteiger partial charge in [-0.2, -0.15) is 0 Å². The summed E-state index contributed by atoms with van der Waals surface area (Å²) in [6, 6.07) is 9.49. The van der Waals surface area contributed by atoms with Crippen LogP contribution in [-0.2, 0) is 9.59 Å². The van der Waals surface area contributed by atoms with Gasteiger partial charge in [0.25, 0.3) is 0 Å². The first-order valence-electron chi connectivity index (χ1n) is 13.3. The highest BCUT2D eigenvalue weighted by Crippen LogP contribution is 2.32. The molecule has 0 N–H and O–H groups in total. The summed E-state index contributed by atoms with van der Waals surface area (Å²) in [6.07, 6.45) is 4.01. The molecule has 1 atom stereocenters. The highest BCUT2D eigenvalue weighted by Gasteiger charge is 2.32. The zero-order chi connectivity index (χ0) is 26.4. The Morgan fingerprint density at radius 2 is 1.81 bits per heavy atom. The third-order valence-corrected chi connectivity index (χ3v) is 7.61. The van der Waals surface area contributed by atoms with E-state index in [1.54, 1.807) is 14.2 Å². The molecule has 2 amide bonds. The van der Waals surface area contributed by atoms with Crippen LogP contribution in [0, 0.1) is 11.8 Å². The monoisotopic (exact) mass is 509 g/mol. The van der Waals surface area contributed by atoms with Gasteiger partial charge in [0.15, 0.2) is 5.82 Å². The molecular weight excluding hydrogens is 470 g/mol. The number of methoxy groups -OCH3 is 2. The largest absolute Gasteiger partial charge is 0.497 e. The molecule has 1 aromatic carbocycles. The fraction of sp³-hybridized carbons (Fsp3) is 0.571. The molecule has 2 heterocycles. The van der Waals surface area contributed by atoms with Crippen molar-refractivity contribution in [2.75, 3.05) is 58.4 Å². The van der Waals surface area contributed by atoms with Crippen LogP contribution in [0.2, 0.25) is 0 Å². The molecule has 0 unspecified atom stereocenters. The maximum Gasteiger partial charge on any atom is 0.242 e. The minimum Gasteiger partial charge on any atom is -0.497 e. The number of aromatic nitrogens is 2. The van der Waals surface area contributed by atoms with Crippen molar-refractivity contribution in [3.63, 3.8) is 0 Å². The molecule has 37 heavy (non-hydrogen) atoms. The zero-order valence-corrected chi connectivity index (χ0v) is 22.5. The summed E-state index contributed by atoms with van der Waals surface area (Å²) in [4.78, 5) is 31.9. The van der Waals surface area contributed by atoms with Gasteiger partial charge in [0.1, 0.15) is 11.5 Å². The number of piperazine rings is 1. The number of hydrogen-bond acceptors (Lipinski definition) is 7. The minimum atomic E-state index is 0.0312. The SMILES string of the molecule is CC[C@@H](C)CN(CC(=O)N1CCN(c2ccc(-c3ccc(OC)cc3OC)nn2)CC1)C(=O)C1CCC1. The summed E-state index contributed by atoms with van der Waals surface area (Å²) in [6.45, 7) is 7.64. The van der Waals surface area contributed by atoms with Gasteiger partial charge >= 0.3 is 0 Å². The van der Waals surface area contributed by atoms with Gasteiger partial charge in [0.2, 0.25) is 11.8 Å². The van der Waals surface area contributed by atoms with Crippen molar-refractivity contribution in [3.8, 4) is 22.8 Å². The van der Waals surface area contributed by atoms with Crippen LogP contribution in [0.1, 0.15) is 39.5 Å². The topological polar surface area (TPSA) is 88.1 Å². The summed E-state index contributed by atoms with van der Waals surface area (Å²) in [5, 5.41) is 8.88. The van der Waals surface area contributed by atoms with Crippen molar-refractivity contribution in [1.82, 2.24) is 20.0 Å². The van der Waals surface area contributed by atoms with E-state index in [0.29, 0.717) is 50.1 Å². The van der Waals surface area contributed by atoms with Gasteiger partial charge in [-0.05, 0) is 43.0 Å². The lowest BCUT2D eigenvalue weighted by molar-refractivity contribution is -0.145. The summed E-state index contributed by atoms with van der Waals surface area (Å²) in [7, 11) is 3.24. The number of hydrogen-bond donors (Lipinski definition) is 0. The van der Waals surface area contributed by atoms with Gasteiger partial charge in [-0.25, -0.2) is 0 Å². The number of benzene rings is 1.